The van der Waals surface area contributed by atoms with Gasteiger partial charge >= 0.3 is 0 Å². The van der Waals surface area contributed by atoms with Crippen molar-refractivity contribution in [2.45, 2.75) is 19.3 Å². The van der Waals surface area contributed by atoms with Crippen LogP contribution in [0.5, 0.6) is 5.88 Å². The first-order chi connectivity index (χ1) is 9.26. The van der Waals surface area contributed by atoms with E-state index in [1.807, 2.05) is 6.92 Å². The van der Waals surface area contributed by atoms with Crippen LogP contribution in [0.2, 0.25) is 0 Å². The zero-order chi connectivity index (χ0) is 13.7. The largest absolute Gasteiger partial charge is 0.480 e. The predicted octanol–water partition coefficient (Wildman–Crippen LogP) is 1.84. The summed E-state index contributed by atoms with van der Waals surface area (Å²) in [4.78, 5) is 16.6. The first kappa shape index (κ1) is 13.1. The number of hydrogen-bond acceptors (Lipinski definition) is 6. The van der Waals surface area contributed by atoms with E-state index >= 15 is 0 Å². The van der Waals surface area contributed by atoms with Crippen LogP contribution < -0.4 is 4.74 Å². The molecule has 2 aromatic rings. The minimum absolute atomic E-state index is 0.190. The van der Waals surface area contributed by atoms with Crippen molar-refractivity contribution in [3.05, 3.63) is 42.4 Å². The summed E-state index contributed by atoms with van der Waals surface area (Å²) in [6.07, 6.45) is 7.16. The summed E-state index contributed by atoms with van der Waals surface area (Å²) in [7, 11) is 1.54. The van der Waals surface area contributed by atoms with Crippen molar-refractivity contribution in [1.29, 1.82) is 5.41 Å². The molecule has 0 aromatic carbocycles. The van der Waals surface area contributed by atoms with Crippen LogP contribution in [0, 0.1) is 5.41 Å². The van der Waals surface area contributed by atoms with E-state index < -0.39 is 0 Å². The van der Waals surface area contributed by atoms with Gasteiger partial charge in [-0.3, -0.25) is 4.98 Å². The molecule has 2 aromatic heterocycles. The normalized spacial score (nSPS) is 11.9. The van der Waals surface area contributed by atoms with E-state index in [1.54, 1.807) is 38.0 Å². The fourth-order valence-electron chi connectivity index (χ4n) is 1.78. The van der Waals surface area contributed by atoms with Crippen molar-refractivity contribution in [2.24, 2.45) is 0 Å². The second kappa shape index (κ2) is 5.99. The molecule has 1 unspecified atom stereocenters. The summed E-state index contributed by atoms with van der Waals surface area (Å²) < 4.78 is 5.06. The molecule has 2 rings (SSSR count). The molecule has 0 saturated carbocycles. The first-order valence-corrected chi connectivity index (χ1v) is 5.98. The van der Waals surface area contributed by atoms with E-state index in [0.717, 1.165) is 6.42 Å². The van der Waals surface area contributed by atoms with Crippen LogP contribution in [-0.4, -0.2) is 32.8 Å². The molecule has 6 heteroatoms. The number of rotatable bonds is 5. The van der Waals surface area contributed by atoms with E-state index in [9.17, 15) is 0 Å². The standard InChI is InChI=1S/C13H15N5O/c1-3-9(10-7-15-8-11(18-10)19-2)12(14)13-16-5-4-6-17-13/h4-9,14H,3H2,1-2H3. The Bertz CT molecular complexity index is 558. The van der Waals surface area contributed by atoms with Gasteiger partial charge in [-0.25, -0.2) is 15.0 Å². The van der Waals surface area contributed by atoms with E-state index in [-0.39, 0.29) is 5.92 Å². The van der Waals surface area contributed by atoms with Gasteiger partial charge in [-0.2, -0.15) is 0 Å². The van der Waals surface area contributed by atoms with Crippen LogP contribution in [0.15, 0.2) is 30.9 Å². The summed E-state index contributed by atoms with van der Waals surface area (Å²) in [5.74, 6) is 0.668. The lowest BCUT2D eigenvalue weighted by Gasteiger charge is -2.14. The Morgan fingerprint density at radius 3 is 2.68 bits per heavy atom. The smallest absolute Gasteiger partial charge is 0.232 e. The molecule has 0 aliphatic carbocycles. The van der Waals surface area contributed by atoms with Crippen LogP contribution in [0.25, 0.3) is 0 Å². The summed E-state index contributed by atoms with van der Waals surface area (Å²) in [5.41, 5.74) is 1.03. The Kier molecular flexibility index (Phi) is 4.12. The lowest BCUT2D eigenvalue weighted by molar-refractivity contribution is 0.393. The van der Waals surface area contributed by atoms with Gasteiger partial charge in [0.1, 0.15) is 0 Å². The molecule has 0 bridgehead atoms. The Hall–Kier alpha value is -2.37. The Morgan fingerprint density at radius 2 is 2.05 bits per heavy atom. The molecule has 0 aliphatic rings. The molecule has 0 radical (unpaired) electrons. The van der Waals surface area contributed by atoms with Gasteiger partial charge in [0.2, 0.25) is 5.88 Å². The van der Waals surface area contributed by atoms with E-state index in [2.05, 4.69) is 19.9 Å². The molecular weight excluding hydrogens is 242 g/mol. The van der Waals surface area contributed by atoms with Crippen LogP contribution >= 0.6 is 0 Å². The van der Waals surface area contributed by atoms with Crippen LogP contribution in [-0.2, 0) is 0 Å². The SMILES string of the molecule is CCC(C(=N)c1ncccn1)c1cncc(OC)n1. The Balaban J connectivity index is 2.31. The van der Waals surface area contributed by atoms with Crippen molar-refractivity contribution in [3.63, 3.8) is 0 Å². The highest BCUT2D eigenvalue weighted by Gasteiger charge is 2.20. The van der Waals surface area contributed by atoms with Crippen molar-refractivity contribution in [3.8, 4) is 5.88 Å². The highest BCUT2D eigenvalue weighted by Crippen LogP contribution is 2.22. The molecular formula is C13H15N5O. The topological polar surface area (TPSA) is 84.6 Å². The zero-order valence-corrected chi connectivity index (χ0v) is 10.9. The van der Waals surface area contributed by atoms with E-state index in [4.69, 9.17) is 10.1 Å². The third kappa shape index (κ3) is 2.90. The summed E-state index contributed by atoms with van der Waals surface area (Å²) >= 11 is 0. The van der Waals surface area contributed by atoms with Gasteiger partial charge in [-0.1, -0.05) is 6.92 Å². The highest BCUT2D eigenvalue weighted by atomic mass is 16.5. The van der Waals surface area contributed by atoms with Gasteiger partial charge in [0.25, 0.3) is 0 Å². The van der Waals surface area contributed by atoms with Crippen molar-refractivity contribution < 1.29 is 4.74 Å². The van der Waals surface area contributed by atoms with Gasteiger partial charge in [0.15, 0.2) is 5.82 Å². The van der Waals surface area contributed by atoms with Crippen LogP contribution in [0.3, 0.4) is 0 Å². The number of nitrogens with zero attached hydrogens (tertiary/aromatic N) is 4. The average Bonchev–Trinajstić information content (AvgIpc) is 2.49. The Morgan fingerprint density at radius 1 is 1.32 bits per heavy atom. The van der Waals surface area contributed by atoms with E-state index in [0.29, 0.717) is 23.1 Å². The molecule has 0 amide bonds. The third-order valence-corrected chi connectivity index (χ3v) is 2.76. The number of hydrogen-bond donors (Lipinski definition) is 1. The third-order valence-electron chi connectivity index (χ3n) is 2.76. The maximum atomic E-state index is 8.22. The molecule has 2 heterocycles. The number of methoxy groups -OCH3 is 1. The predicted molar refractivity (Wildman–Crippen MR) is 70.5 cm³/mol. The second-order valence-corrected chi connectivity index (χ2v) is 3.93. The molecule has 0 spiro atoms. The zero-order valence-electron chi connectivity index (χ0n) is 10.9. The summed E-state index contributed by atoms with van der Waals surface area (Å²) in [6, 6.07) is 1.73. The fourth-order valence-corrected chi connectivity index (χ4v) is 1.78. The molecule has 1 atom stereocenters. The molecule has 0 aliphatic heterocycles. The molecule has 1 N–H and O–H groups in total. The van der Waals surface area contributed by atoms with Gasteiger partial charge in [-0.15, -0.1) is 0 Å². The maximum Gasteiger partial charge on any atom is 0.232 e. The molecule has 19 heavy (non-hydrogen) atoms. The lowest BCUT2D eigenvalue weighted by atomic mass is 9.96. The second-order valence-electron chi connectivity index (χ2n) is 3.93. The number of aromatic nitrogens is 4. The highest BCUT2D eigenvalue weighted by molar-refractivity contribution is 5.99. The molecule has 0 fully saturated rings. The Labute approximate surface area is 111 Å². The van der Waals surface area contributed by atoms with Crippen molar-refractivity contribution >= 4 is 5.71 Å². The first-order valence-electron chi connectivity index (χ1n) is 5.98. The van der Waals surface area contributed by atoms with Crippen molar-refractivity contribution in [2.75, 3.05) is 7.11 Å². The molecule has 0 saturated heterocycles. The summed E-state index contributed by atoms with van der Waals surface area (Å²) in [5, 5.41) is 8.22. The maximum absolute atomic E-state index is 8.22. The van der Waals surface area contributed by atoms with Gasteiger partial charge in [0.05, 0.1) is 24.7 Å². The molecule has 98 valence electrons. The summed E-state index contributed by atoms with van der Waals surface area (Å²) in [6.45, 7) is 1.99. The van der Waals surface area contributed by atoms with Crippen LogP contribution in [0.4, 0.5) is 0 Å². The quantitative estimate of drug-likeness (QED) is 0.826. The minimum Gasteiger partial charge on any atom is -0.480 e. The van der Waals surface area contributed by atoms with Gasteiger partial charge in [0, 0.05) is 24.5 Å². The molecule has 6 nitrogen and oxygen atoms in total. The lowest BCUT2D eigenvalue weighted by Crippen LogP contribution is -2.17. The average molecular weight is 257 g/mol. The number of nitrogens with one attached hydrogen (secondary N) is 1. The van der Waals surface area contributed by atoms with Crippen molar-refractivity contribution in [1.82, 2.24) is 19.9 Å². The number of ether oxygens (including phenoxy) is 1. The van der Waals surface area contributed by atoms with E-state index in [1.165, 1.54) is 0 Å². The monoisotopic (exact) mass is 257 g/mol. The van der Waals surface area contributed by atoms with Gasteiger partial charge in [-0.05, 0) is 12.5 Å². The fraction of sp³-hybridized carbons (Fsp3) is 0.308. The minimum atomic E-state index is -0.190. The van der Waals surface area contributed by atoms with Crippen LogP contribution in [0.1, 0.15) is 30.8 Å². The van der Waals surface area contributed by atoms with Gasteiger partial charge < -0.3 is 10.1 Å².